The number of likely N-dealkylation sites (tertiary alicyclic amines) is 1. The summed E-state index contributed by atoms with van der Waals surface area (Å²) in [4.78, 5) is 28.5. The topological polar surface area (TPSA) is 97.6 Å². The summed E-state index contributed by atoms with van der Waals surface area (Å²) in [7, 11) is 1.61. The number of carbonyl (C=O) groups excluding carboxylic acids is 1. The molecule has 1 N–H and O–H groups in total. The number of methoxy groups -OCH3 is 1. The van der Waals surface area contributed by atoms with Crippen LogP contribution in [0.25, 0.3) is 0 Å². The van der Waals surface area contributed by atoms with Crippen molar-refractivity contribution in [1.29, 1.82) is 0 Å². The van der Waals surface area contributed by atoms with Crippen LogP contribution < -0.4 is 5.32 Å². The molecule has 0 spiro atoms. The first-order chi connectivity index (χ1) is 10.1. The van der Waals surface area contributed by atoms with Crippen LogP contribution in [0.5, 0.6) is 0 Å². The van der Waals surface area contributed by atoms with E-state index in [4.69, 9.17) is 4.74 Å². The highest BCUT2D eigenvalue weighted by molar-refractivity contribution is 5.99. The van der Waals surface area contributed by atoms with Crippen molar-refractivity contribution in [3.05, 3.63) is 27.9 Å². The van der Waals surface area contributed by atoms with Crippen molar-refractivity contribution in [2.75, 3.05) is 32.1 Å². The van der Waals surface area contributed by atoms with Gasteiger partial charge in [0.1, 0.15) is 12.0 Å². The molecule has 1 aliphatic heterocycles. The number of nitrogens with one attached hydrogen (secondary N) is 1. The van der Waals surface area contributed by atoms with Gasteiger partial charge in [0.2, 0.25) is 0 Å². The lowest BCUT2D eigenvalue weighted by atomic mass is 10.2. The lowest BCUT2D eigenvalue weighted by Crippen LogP contribution is -2.30. The van der Waals surface area contributed by atoms with Crippen LogP contribution in [0, 0.1) is 10.1 Å². The molecule has 2 heterocycles. The van der Waals surface area contributed by atoms with Crippen LogP contribution in [-0.4, -0.2) is 53.6 Å². The van der Waals surface area contributed by atoms with Gasteiger partial charge in [-0.25, -0.2) is 4.98 Å². The van der Waals surface area contributed by atoms with Crippen LogP contribution in [-0.2, 0) is 4.74 Å². The van der Waals surface area contributed by atoms with Crippen molar-refractivity contribution < 1.29 is 14.5 Å². The molecule has 21 heavy (non-hydrogen) atoms. The fraction of sp³-hybridized carbons (Fsp3) is 0.538. The zero-order valence-corrected chi connectivity index (χ0v) is 12.0. The zero-order valence-electron chi connectivity index (χ0n) is 12.0. The van der Waals surface area contributed by atoms with Crippen LogP contribution in [0.4, 0.5) is 11.5 Å². The van der Waals surface area contributed by atoms with E-state index < -0.39 is 4.92 Å². The lowest BCUT2D eigenvalue weighted by molar-refractivity contribution is -0.385. The summed E-state index contributed by atoms with van der Waals surface area (Å²) in [5, 5.41) is 13.8. The number of anilines is 1. The molecular weight excluding hydrogens is 276 g/mol. The van der Waals surface area contributed by atoms with Crippen LogP contribution in [0.1, 0.15) is 23.7 Å². The maximum atomic E-state index is 12.5. The molecule has 1 aromatic heterocycles. The molecule has 1 amide bonds. The fourth-order valence-corrected chi connectivity index (χ4v) is 2.30. The predicted octanol–water partition coefficient (Wildman–Crippen LogP) is 1.28. The molecule has 1 fully saturated rings. The molecule has 0 radical (unpaired) electrons. The molecular formula is C13H18N4O4. The Kier molecular flexibility index (Phi) is 4.69. The number of pyridine rings is 1. The average Bonchev–Trinajstić information content (AvgIpc) is 2.96. The maximum Gasteiger partial charge on any atom is 0.288 e. The Morgan fingerprint density at radius 1 is 1.67 bits per heavy atom. The second-order valence-corrected chi connectivity index (χ2v) is 4.77. The third kappa shape index (κ3) is 3.27. The summed E-state index contributed by atoms with van der Waals surface area (Å²) in [5.74, 6) is 0.107. The molecule has 8 heteroatoms. The van der Waals surface area contributed by atoms with Gasteiger partial charge in [0, 0.05) is 32.8 Å². The summed E-state index contributed by atoms with van der Waals surface area (Å²) in [6, 6.07) is 1.27. The molecule has 1 saturated heterocycles. The SMILES string of the molecule is CCNc1ncc([N+](=O)[O-])cc1C(=O)N1CCC(OC)C1. The van der Waals surface area contributed by atoms with Gasteiger partial charge >= 0.3 is 0 Å². The van der Waals surface area contributed by atoms with Crippen LogP contribution >= 0.6 is 0 Å². The molecule has 0 bridgehead atoms. The van der Waals surface area contributed by atoms with Gasteiger partial charge in [-0.15, -0.1) is 0 Å². The summed E-state index contributed by atoms with van der Waals surface area (Å²) in [6.45, 7) is 3.51. The van der Waals surface area contributed by atoms with Gasteiger partial charge in [0.05, 0.1) is 16.6 Å². The number of nitro groups is 1. The molecule has 0 aromatic carbocycles. The highest BCUT2D eigenvalue weighted by atomic mass is 16.6. The molecule has 8 nitrogen and oxygen atoms in total. The van der Waals surface area contributed by atoms with E-state index in [0.29, 0.717) is 25.5 Å². The number of hydrogen-bond donors (Lipinski definition) is 1. The smallest absolute Gasteiger partial charge is 0.288 e. The van der Waals surface area contributed by atoms with Gasteiger partial charge in [0.15, 0.2) is 0 Å². The lowest BCUT2D eigenvalue weighted by Gasteiger charge is -2.18. The molecule has 1 aliphatic rings. The Morgan fingerprint density at radius 2 is 2.43 bits per heavy atom. The van der Waals surface area contributed by atoms with Gasteiger partial charge in [0.25, 0.3) is 11.6 Å². The largest absolute Gasteiger partial charge is 0.380 e. The van der Waals surface area contributed by atoms with E-state index in [0.717, 1.165) is 12.6 Å². The number of amides is 1. The molecule has 0 aliphatic carbocycles. The van der Waals surface area contributed by atoms with Gasteiger partial charge in [-0.3, -0.25) is 14.9 Å². The van der Waals surface area contributed by atoms with E-state index in [2.05, 4.69) is 10.3 Å². The summed E-state index contributed by atoms with van der Waals surface area (Å²) in [6.07, 6.45) is 1.93. The van der Waals surface area contributed by atoms with Gasteiger partial charge in [-0.05, 0) is 13.3 Å². The first-order valence-electron chi connectivity index (χ1n) is 6.77. The summed E-state index contributed by atoms with van der Waals surface area (Å²) >= 11 is 0. The molecule has 2 rings (SSSR count). The minimum atomic E-state index is -0.554. The molecule has 1 unspecified atom stereocenters. The number of ether oxygens (including phenoxy) is 1. The Bertz CT molecular complexity index is 549. The van der Waals surface area contributed by atoms with E-state index in [9.17, 15) is 14.9 Å². The predicted molar refractivity (Wildman–Crippen MR) is 76.4 cm³/mol. The third-order valence-corrected chi connectivity index (χ3v) is 3.42. The second kappa shape index (κ2) is 6.49. The van der Waals surface area contributed by atoms with Crippen molar-refractivity contribution >= 4 is 17.4 Å². The van der Waals surface area contributed by atoms with E-state index in [1.165, 1.54) is 6.07 Å². The zero-order chi connectivity index (χ0) is 15.4. The highest BCUT2D eigenvalue weighted by Gasteiger charge is 2.29. The summed E-state index contributed by atoms with van der Waals surface area (Å²) < 4.78 is 5.23. The fourth-order valence-electron chi connectivity index (χ4n) is 2.30. The minimum Gasteiger partial charge on any atom is -0.380 e. The average molecular weight is 294 g/mol. The quantitative estimate of drug-likeness (QED) is 0.649. The van der Waals surface area contributed by atoms with Crippen LogP contribution in [0.3, 0.4) is 0 Å². The van der Waals surface area contributed by atoms with E-state index in [-0.39, 0.29) is 23.3 Å². The standard InChI is InChI=1S/C13H18N4O4/c1-3-14-12-11(6-9(7-15-12)17(19)20)13(18)16-5-4-10(8-16)21-2/h6-7,10H,3-5,8H2,1-2H3,(H,14,15). The Hall–Kier alpha value is -2.22. The van der Waals surface area contributed by atoms with Crippen LogP contribution in [0.2, 0.25) is 0 Å². The molecule has 1 atom stereocenters. The van der Waals surface area contributed by atoms with Gasteiger partial charge < -0.3 is 15.0 Å². The Labute approximate surface area is 122 Å². The van der Waals surface area contributed by atoms with Crippen molar-refractivity contribution in [1.82, 2.24) is 9.88 Å². The van der Waals surface area contributed by atoms with Crippen molar-refractivity contribution in [2.24, 2.45) is 0 Å². The number of aromatic nitrogens is 1. The van der Waals surface area contributed by atoms with Gasteiger partial charge in [-0.2, -0.15) is 0 Å². The van der Waals surface area contributed by atoms with E-state index in [1.54, 1.807) is 12.0 Å². The number of nitrogens with zero attached hydrogens (tertiary/aromatic N) is 3. The van der Waals surface area contributed by atoms with Crippen molar-refractivity contribution in [3.63, 3.8) is 0 Å². The minimum absolute atomic E-state index is 0.0168. The first-order valence-corrected chi connectivity index (χ1v) is 6.77. The third-order valence-electron chi connectivity index (χ3n) is 3.42. The van der Waals surface area contributed by atoms with E-state index >= 15 is 0 Å². The van der Waals surface area contributed by atoms with Crippen molar-refractivity contribution in [3.8, 4) is 0 Å². The molecule has 114 valence electrons. The normalized spacial score (nSPS) is 17.8. The molecule has 1 aromatic rings. The second-order valence-electron chi connectivity index (χ2n) is 4.77. The van der Waals surface area contributed by atoms with Crippen LogP contribution in [0.15, 0.2) is 12.3 Å². The number of hydrogen-bond acceptors (Lipinski definition) is 6. The van der Waals surface area contributed by atoms with Crippen molar-refractivity contribution in [2.45, 2.75) is 19.4 Å². The first kappa shape index (κ1) is 15.2. The van der Waals surface area contributed by atoms with Gasteiger partial charge in [-0.1, -0.05) is 0 Å². The van der Waals surface area contributed by atoms with E-state index in [1.807, 2.05) is 6.92 Å². The molecule has 0 saturated carbocycles. The monoisotopic (exact) mass is 294 g/mol. The Balaban J connectivity index is 2.29. The maximum absolute atomic E-state index is 12.5. The highest BCUT2D eigenvalue weighted by Crippen LogP contribution is 2.23. The summed E-state index contributed by atoms with van der Waals surface area (Å²) in [5.41, 5.74) is 0.0327. The number of rotatable bonds is 5. The number of carbonyl (C=O) groups is 1. The Morgan fingerprint density at radius 3 is 3.00 bits per heavy atom.